The number of rotatable bonds is 5. The van der Waals surface area contributed by atoms with Crippen LogP contribution in [-0.2, 0) is 11.2 Å². The molecule has 0 fully saturated rings. The molecule has 0 amide bonds. The van der Waals surface area contributed by atoms with E-state index in [0.29, 0.717) is 11.5 Å². The van der Waals surface area contributed by atoms with Gasteiger partial charge in [0.15, 0.2) is 5.75 Å². The van der Waals surface area contributed by atoms with Gasteiger partial charge in [-0.05, 0) is 98.0 Å². The van der Waals surface area contributed by atoms with Crippen molar-refractivity contribution >= 4 is 73.7 Å². The smallest absolute Gasteiger partial charge is 0.872 e. The molecule has 1 atom stereocenters. The summed E-state index contributed by atoms with van der Waals surface area (Å²) in [5.74, 6) is 0.159. The molecule has 0 unspecified atom stereocenters. The van der Waals surface area contributed by atoms with Crippen LogP contribution in [0.3, 0.4) is 0 Å². The van der Waals surface area contributed by atoms with Crippen molar-refractivity contribution in [2.75, 3.05) is 0 Å². The summed E-state index contributed by atoms with van der Waals surface area (Å²) in [6.45, 7) is 0. The van der Waals surface area contributed by atoms with Crippen molar-refractivity contribution in [3.63, 3.8) is 0 Å². The van der Waals surface area contributed by atoms with Crippen molar-refractivity contribution in [1.82, 2.24) is 0 Å². The van der Waals surface area contributed by atoms with Crippen molar-refractivity contribution < 1.29 is 49.3 Å². The van der Waals surface area contributed by atoms with Gasteiger partial charge in [-0.15, -0.1) is 5.75 Å². The molecule has 0 spiro atoms. The number of carboxylic acid groups (broad SMARTS) is 1. The topological polar surface area (TPSA) is 95.6 Å². The summed E-state index contributed by atoms with van der Waals surface area (Å²) < 4.78 is 8.53. The quantitative estimate of drug-likeness (QED) is 0.271. The van der Waals surface area contributed by atoms with Gasteiger partial charge >= 0.3 is 35.5 Å². The van der Waals surface area contributed by atoms with Crippen LogP contribution in [0.5, 0.6) is 17.2 Å². The third kappa shape index (κ3) is 5.84. The number of nitrogens with two attached hydrogens (primary N) is 1. The molecule has 0 saturated heterocycles. The van der Waals surface area contributed by atoms with E-state index in [9.17, 15) is 9.90 Å². The predicted octanol–water partition coefficient (Wildman–Crippen LogP) is 0.325. The molecule has 5 nitrogen and oxygen atoms in total. The van der Waals surface area contributed by atoms with Crippen LogP contribution in [0.4, 0.5) is 0 Å². The maximum atomic E-state index is 11.1. The van der Waals surface area contributed by atoms with Crippen molar-refractivity contribution in [2.24, 2.45) is 5.73 Å². The number of carboxylic acids is 1. The number of halogens is 3. The molecule has 0 radical (unpaired) electrons. The number of ether oxygens (including phenoxy) is 1. The van der Waals surface area contributed by atoms with Crippen LogP contribution in [0.2, 0.25) is 0 Å². The molecule has 3 N–H and O–H groups in total. The Morgan fingerprint density at radius 2 is 1.79 bits per heavy atom. The normalized spacial score (nSPS) is 11.5. The van der Waals surface area contributed by atoms with Gasteiger partial charge in [0.25, 0.3) is 0 Å². The third-order valence-electron chi connectivity index (χ3n) is 2.99. The van der Waals surface area contributed by atoms with E-state index in [1.807, 2.05) is 6.07 Å². The van der Waals surface area contributed by atoms with Crippen LogP contribution in [-0.4, -0.2) is 17.1 Å². The van der Waals surface area contributed by atoms with Gasteiger partial charge in [-0.2, -0.15) is 0 Å². The standard InChI is InChI=1S/C15H12I3NO4.Na/c16-10-5-7(6-11(19)15(21)22)12(17)13(18)14(10)23-9-3-1-8(20)2-4-9;/h1-5,11,20H,6,19H2,(H,21,22);/q;+1/p-1/t11-;/m0./s1. The Balaban J connectivity index is 0.00000288. The van der Waals surface area contributed by atoms with Crippen LogP contribution in [0.1, 0.15) is 5.56 Å². The Hall–Kier alpha value is 0.660. The van der Waals surface area contributed by atoms with Gasteiger partial charge in [0, 0.05) is 3.57 Å². The first-order valence-corrected chi connectivity index (χ1v) is 9.63. The molecule has 2 aromatic carbocycles. The second-order valence-electron chi connectivity index (χ2n) is 4.70. The summed E-state index contributed by atoms with van der Waals surface area (Å²) in [4.78, 5) is 10.9. The van der Waals surface area contributed by atoms with Gasteiger partial charge in [-0.1, -0.05) is 12.1 Å². The van der Waals surface area contributed by atoms with E-state index in [1.54, 1.807) is 12.1 Å². The van der Waals surface area contributed by atoms with Crippen LogP contribution in [0.25, 0.3) is 0 Å². The molecule has 24 heavy (non-hydrogen) atoms. The molecular weight excluding hydrogens is 662 g/mol. The molecule has 0 saturated carbocycles. The summed E-state index contributed by atoms with van der Waals surface area (Å²) in [6, 6.07) is 7.07. The number of hydrogen-bond acceptors (Lipinski definition) is 4. The molecular formula is C15H11I3NNaO4. The SMILES string of the molecule is N[C@@H](Cc1cc(I)c(Oc2ccc([O-])cc2)c(I)c1I)C(=O)O.[Na+]. The average molecular weight is 673 g/mol. The predicted molar refractivity (Wildman–Crippen MR) is 110 cm³/mol. The zero-order valence-electron chi connectivity index (χ0n) is 12.6. The fraction of sp³-hybridized carbons (Fsp3) is 0.133. The second kappa shape index (κ2) is 10.1. The molecule has 0 heterocycles. The van der Waals surface area contributed by atoms with E-state index in [-0.39, 0.29) is 41.7 Å². The van der Waals surface area contributed by atoms with Crippen LogP contribution < -0.4 is 45.1 Å². The zero-order chi connectivity index (χ0) is 17.1. The average Bonchev–Trinajstić information content (AvgIpc) is 2.50. The number of aliphatic carboxylic acids is 1. The van der Waals surface area contributed by atoms with Gasteiger partial charge in [0.2, 0.25) is 0 Å². The maximum absolute atomic E-state index is 11.1. The van der Waals surface area contributed by atoms with E-state index >= 15 is 0 Å². The van der Waals surface area contributed by atoms with E-state index in [2.05, 4.69) is 67.8 Å². The monoisotopic (exact) mass is 673 g/mol. The molecule has 0 bridgehead atoms. The summed E-state index contributed by atoms with van der Waals surface area (Å²) in [7, 11) is 0. The molecule has 0 aliphatic carbocycles. The minimum atomic E-state index is -1.02. The Morgan fingerprint density at radius 1 is 1.21 bits per heavy atom. The van der Waals surface area contributed by atoms with Crippen molar-refractivity contribution in [3.05, 3.63) is 46.6 Å². The van der Waals surface area contributed by atoms with Crippen LogP contribution >= 0.6 is 67.8 Å². The first kappa shape index (κ1) is 22.7. The fourth-order valence-corrected chi connectivity index (χ4v) is 4.46. The van der Waals surface area contributed by atoms with Gasteiger partial charge < -0.3 is 20.7 Å². The fourth-order valence-electron chi connectivity index (χ4n) is 1.82. The van der Waals surface area contributed by atoms with Gasteiger partial charge in [0.1, 0.15) is 11.8 Å². The molecule has 0 aliphatic heterocycles. The van der Waals surface area contributed by atoms with Crippen molar-refractivity contribution in [3.8, 4) is 17.2 Å². The molecule has 2 aromatic rings. The number of carbonyl (C=O) groups is 1. The summed E-state index contributed by atoms with van der Waals surface area (Å²) >= 11 is 6.47. The first-order chi connectivity index (χ1) is 10.8. The van der Waals surface area contributed by atoms with E-state index in [0.717, 1.165) is 16.3 Å². The van der Waals surface area contributed by atoms with E-state index < -0.39 is 12.0 Å². The number of hydrogen-bond donors (Lipinski definition) is 2. The second-order valence-corrected chi connectivity index (χ2v) is 8.02. The van der Waals surface area contributed by atoms with Crippen molar-refractivity contribution in [2.45, 2.75) is 12.5 Å². The van der Waals surface area contributed by atoms with Gasteiger partial charge in [0.05, 0.1) is 7.14 Å². The van der Waals surface area contributed by atoms with Gasteiger partial charge in [-0.25, -0.2) is 0 Å². The maximum Gasteiger partial charge on any atom is 1.00 e. The Bertz CT molecular complexity index is 740. The van der Waals surface area contributed by atoms with E-state index in [4.69, 9.17) is 15.6 Å². The third-order valence-corrected chi connectivity index (χ3v) is 7.09. The first-order valence-electron chi connectivity index (χ1n) is 6.39. The van der Waals surface area contributed by atoms with E-state index in [1.165, 1.54) is 12.1 Å². The molecule has 122 valence electrons. The van der Waals surface area contributed by atoms with Gasteiger partial charge in [-0.3, -0.25) is 4.79 Å². The molecule has 0 aromatic heterocycles. The number of benzene rings is 2. The Morgan fingerprint density at radius 3 is 2.33 bits per heavy atom. The molecule has 9 heteroatoms. The molecule has 2 rings (SSSR count). The summed E-state index contributed by atoms with van der Waals surface area (Å²) in [5, 5.41) is 20.1. The largest absolute Gasteiger partial charge is 1.00 e. The van der Waals surface area contributed by atoms with Crippen molar-refractivity contribution in [1.29, 1.82) is 0 Å². The minimum absolute atomic E-state index is 0. The summed E-state index contributed by atoms with van der Waals surface area (Å²) in [5.41, 5.74) is 6.50. The van der Waals surface area contributed by atoms with Crippen LogP contribution in [0, 0.1) is 10.7 Å². The van der Waals surface area contributed by atoms with Crippen LogP contribution in [0.15, 0.2) is 30.3 Å². The Kier molecular flexibility index (Phi) is 9.57. The summed E-state index contributed by atoms with van der Waals surface area (Å²) in [6.07, 6.45) is 0.255. The minimum Gasteiger partial charge on any atom is -0.872 e. The molecule has 0 aliphatic rings. The Labute approximate surface area is 202 Å². The zero-order valence-corrected chi connectivity index (χ0v) is 21.0.